The number of nitrogens with two attached hydrogens (primary N) is 1. The zero-order chi connectivity index (χ0) is 15.2. The second-order valence-electron chi connectivity index (χ2n) is 9.98. The minimum Gasteiger partial charge on any atom is -0.329 e. The van der Waals surface area contributed by atoms with E-state index in [9.17, 15) is 0 Å². The third-order valence-electron chi connectivity index (χ3n) is 5.52. The van der Waals surface area contributed by atoms with Gasteiger partial charge in [-0.25, -0.2) is 0 Å². The number of rotatable bonds is 2. The van der Waals surface area contributed by atoms with Crippen LogP contribution in [-0.2, 0) is 0 Å². The summed E-state index contributed by atoms with van der Waals surface area (Å²) in [5.41, 5.74) is 7.84. The van der Waals surface area contributed by atoms with Gasteiger partial charge in [0.15, 0.2) is 0 Å². The van der Waals surface area contributed by atoms with Gasteiger partial charge >= 0.3 is 0 Å². The van der Waals surface area contributed by atoms with Gasteiger partial charge in [-0.15, -0.1) is 0 Å². The van der Waals surface area contributed by atoms with Crippen molar-refractivity contribution in [3.63, 3.8) is 0 Å². The molecule has 20 heavy (non-hydrogen) atoms. The van der Waals surface area contributed by atoms with Crippen LogP contribution in [0.4, 0.5) is 0 Å². The van der Waals surface area contributed by atoms with Crippen LogP contribution in [-0.4, -0.2) is 30.1 Å². The highest BCUT2D eigenvalue weighted by atomic mass is 15.2. The summed E-state index contributed by atoms with van der Waals surface area (Å²) in [7, 11) is 0. The molecule has 0 aromatic carbocycles. The van der Waals surface area contributed by atoms with E-state index < -0.39 is 0 Å². The highest BCUT2D eigenvalue weighted by Gasteiger charge is 2.50. The minimum absolute atomic E-state index is 0.225. The Morgan fingerprint density at radius 1 is 0.850 bits per heavy atom. The van der Waals surface area contributed by atoms with E-state index in [0.29, 0.717) is 16.2 Å². The fourth-order valence-electron chi connectivity index (χ4n) is 5.59. The molecule has 2 aliphatic rings. The highest BCUT2D eigenvalue weighted by Crippen LogP contribution is 2.52. The predicted octanol–water partition coefficient (Wildman–Crippen LogP) is 4.04. The standard InChI is InChI=1S/C18H36N2/c1-15(2)8-7-9-20(14-15)18(13-19)11-16(3,4)10-17(5,6)12-18/h7-14,19H2,1-6H3. The summed E-state index contributed by atoms with van der Waals surface area (Å²) in [5.74, 6) is 0. The van der Waals surface area contributed by atoms with Gasteiger partial charge in [0.05, 0.1) is 0 Å². The van der Waals surface area contributed by atoms with Crippen molar-refractivity contribution in [1.82, 2.24) is 4.90 Å². The molecule has 0 aromatic rings. The van der Waals surface area contributed by atoms with Gasteiger partial charge < -0.3 is 5.73 Å². The molecule has 1 saturated carbocycles. The van der Waals surface area contributed by atoms with Crippen molar-refractivity contribution in [2.24, 2.45) is 22.0 Å². The first-order valence-corrected chi connectivity index (χ1v) is 8.45. The van der Waals surface area contributed by atoms with Gasteiger partial charge in [0.1, 0.15) is 0 Å². The van der Waals surface area contributed by atoms with Gasteiger partial charge in [0.25, 0.3) is 0 Å². The molecule has 1 aliphatic carbocycles. The molecule has 2 rings (SSSR count). The van der Waals surface area contributed by atoms with Crippen LogP contribution in [0.2, 0.25) is 0 Å². The normalized spacial score (nSPS) is 31.9. The summed E-state index contributed by atoms with van der Waals surface area (Å²) < 4.78 is 0. The van der Waals surface area contributed by atoms with Crippen molar-refractivity contribution in [2.45, 2.75) is 79.2 Å². The molecular formula is C18H36N2. The van der Waals surface area contributed by atoms with Crippen LogP contribution < -0.4 is 5.73 Å². The van der Waals surface area contributed by atoms with E-state index in [4.69, 9.17) is 5.73 Å². The van der Waals surface area contributed by atoms with E-state index >= 15 is 0 Å². The number of likely N-dealkylation sites (tertiary alicyclic amines) is 1. The predicted molar refractivity (Wildman–Crippen MR) is 87.8 cm³/mol. The van der Waals surface area contributed by atoms with E-state index in [2.05, 4.69) is 46.4 Å². The highest BCUT2D eigenvalue weighted by molar-refractivity contribution is 5.06. The average Bonchev–Trinajstić information content (AvgIpc) is 2.23. The summed E-state index contributed by atoms with van der Waals surface area (Å²) >= 11 is 0. The first-order valence-electron chi connectivity index (χ1n) is 8.45. The van der Waals surface area contributed by atoms with Crippen LogP contribution in [0.15, 0.2) is 0 Å². The molecule has 2 nitrogen and oxygen atoms in total. The lowest BCUT2D eigenvalue weighted by Crippen LogP contribution is -2.63. The van der Waals surface area contributed by atoms with E-state index in [1.807, 2.05) is 0 Å². The molecule has 1 saturated heterocycles. The zero-order valence-corrected chi connectivity index (χ0v) is 14.7. The molecule has 0 bridgehead atoms. The molecule has 1 aliphatic heterocycles. The Labute approximate surface area is 126 Å². The van der Waals surface area contributed by atoms with E-state index in [-0.39, 0.29) is 5.54 Å². The lowest BCUT2D eigenvalue weighted by molar-refractivity contribution is -0.0705. The third kappa shape index (κ3) is 3.39. The Bertz CT molecular complexity index is 338. The quantitative estimate of drug-likeness (QED) is 0.827. The summed E-state index contributed by atoms with van der Waals surface area (Å²) in [6.45, 7) is 17.9. The van der Waals surface area contributed by atoms with Crippen molar-refractivity contribution >= 4 is 0 Å². The molecule has 2 N–H and O–H groups in total. The van der Waals surface area contributed by atoms with E-state index in [0.717, 1.165) is 6.54 Å². The number of hydrogen-bond acceptors (Lipinski definition) is 2. The van der Waals surface area contributed by atoms with Crippen LogP contribution >= 0.6 is 0 Å². The molecule has 0 unspecified atom stereocenters. The Morgan fingerprint density at radius 3 is 1.85 bits per heavy atom. The fourth-order valence-corrected chi connectivity index (χ4v) is 5.59. The van der Waals surface area contributed by atoms with Gasteiger partial charge in [-0.05, 0) is 54.9 Å². The van der Waals surface area contributed by atoms with Crippen LogP contribution in [0.25, 0.3) is 0 Å². The minimum atomic E-state index is 0.225. The molecule has 0 amide bonds. The van der Waals surface area contributed by atoms with Crippen molar-refractivity contribution < 1.29 is 0 Å². The van der Waals surface area contributed by atoms with E-state index in [1.54, 1.807) is 0 Å². The lowest BCUT2D eigenvalue weighted by Gasteiger charge is -2.58. The summed E-state index contributed by atoms with van der Waals surface area (Å²) in [4.78, 5) is 2.76. The smallest absolute Gasteiger partial charge is 0.0342 e. The van der Waals surface area contributed by atoms with Crippen LogP contribution in [0.3, 0.4) is 0 Å². The second-order valence-corrected chi connectivity index (χ2v) is 9.98. The van der Waals surface area contributed by atoms with Gasteiger partial charge in [0.2, 0.25) is 0 Å². The Morgan fingerprint density at radius 2 is 1.40 bits per heavy atom. The molecule has 0 atom stereocenters. The largest absolute Gasteiger partial charge is 0.329 e. The monoisotopic (exact) mass is 280 g/mol. The molecule has 0 aromatic heterocycles. The molecular weight excluding hydrogens is 244 g/mol. The van der Waals surface area contributed by atoms with Crippen LogP contribution in [0.5, 0.6) is 0 Å². The van der Waals surface area contributed by atoms with Crippen LogP contribution in [0.1, 0.15) is 73.6 Å². The van der Waals surface area contributed by atoms with Gasteiger partial charge in [-0.2, -0.15) is 0 Å². The average molecular weight is 280 g/mol. The summed E-state index contributed by atoms with van der Waals surface area (Å²) in [6, 6.07) is 0. The number of piperidine rings is 1. The van der Waals surface area contributed by atoms with E-state index in [1.165, 1.54) is 45.2 Å². The molecule has 2 fully saturated rings. The Hall–Kier alpha value is -0.0800. The number of hydrogen-bond donors (Lipinski definition) is 1. The topological polar surface area (TPSA) is 29.3 Å². The molecule has 1 heterocycles. The maximum Gasteiger partial charge on any atom is 0.0342 e. The Balaban J connectivity index is 2.28. The van der Waals surface area contributed by atoms with Gasteiger partial charge in [-0.1, -0.05) is 41.5 Å². The maximum absolute atomic E-state index is 6.36. The maximum atomic E-state index is 6.36. The first kappa shape index (κ1) is 16.3. The lowest BCUT2D eigenvalue weighted by atomic mass is 9.57. The summed E-state index contributed by atoms with van der Waals surface area (Å²) in [6.07, 6.45) is 6.53. The molecule has 0 radical (unpaired) electrons. The SMILES string of the molecule is CC1(C)CCCN(C2(CN)CC(C)(C)CC(C)(C)C2)C1. The van der Waals surface area contributed by atoms with Crippen molar-refractivity contribution in [3.05, 3.63) is 0 Å². The van der Waals surface area contributed by atoms with Gasteiger partial charge in [0, 0.05) is 18.6 Å². The van der Waals surface area contributed by atoms with Crippen LogP contribution in [0, 0.1) is 16.2 Å². The molecule has 2 heteroatoms. The molecule has 118 valence electrons. The first-order chi connectivity index (χ1) is 8.99. The second kappa shape index (κ2) is 4.98. The van der Waals surface area contributed by atoms with Crippen molar-refractivity contribution in [1.29, 1.82) is 0 Å². The number of nitrogens with zero attached hydrogens (tertiary/aromatic N) is 1. The van der Waals surface area contributed by atoms with Crippen molar-refractivity contribution in [3.8, 4) is 0 Å². The Kier molecular flexibility index (Phi) is 4.06. The third-order valence-corrected chi connectivity index (χ3v) is 5.52. The molecule has 0 spiro atoms. The zero-order valence-electron chi connectivity index (χ0n) is 14.7. The fraction of sp³-hybridized carbons (Fsp3) is 1.00. The van der Waals surface area contributed by atoms with Crippen molar-refractivity contribution in [2.75, 3.05) is 19.6 Å². The van der Waals surface area contributed by atoms with Gasteiger partial charge in [-0.3, -0.25) is 4.90 Å². The summed E-state index contributed by atoms with van der Waals surface area (Å²) in [5, 5.41) is 0.